The lowest BCUT2D eigenvalue weighted by Gasteiger charge is -2.28. The number of carbonyl (C=O) groups is 3. The smallest absolute Gasteiger partial charge is 0.245 e. The van der Waals surface area contributed by atoms with Gasteiger partial charge in [0.1, 0.15) is 10.9 Å². The Morgan fingerprint density at radius 3 is 2.64 bits per heavy atom. The molecule has 9 nitrogen and oxygen atoms in total. The number of hydrogen-bond donors (Lipinski definition) is 1. The fourth-order valence-corrected chi connectivity index (χ4v) is 5.64. The van der Waals surface area contributed by atoms with Gasteiger partial charge in [-0.2, -0.15) is 4.31 Å². The quantitative estimate of drug-likeness (QED) is 0.700. The standard InChI is InChI=1S/C18H24N4O5S/c1-18(2,8-15(19)24)9-16(25)21-7-5-13-17(21)14(23)11-22(13)28(26,27)12-4-3-6-20-10-12/h3-4,6,10,13,17H,5,7-9,11H2,1-2H3,(H2,19,24). The molecule has 1 aromatic rings. The maximum Gasteiger partial charge on any atom is 0.245 e. The summed E-state index contributed by atoms with van der Waals surface area (Å²) in [6.45, 7) is 3.56. The van der Waals surface area contributed by atoms with Gasteiger partial charge >= 0.3 is 0 Å². The summed E-state index contributed by atoms with van der Waals surface area (Å²) >= 11 is 0. The fraction of sp³-hybridized carbons (Fsp3) is 0.556. The van der Waals surface area contributed by atoms with Gasteiger partial charge in [0, 0.05) is 31.8 Å². The van der Waals surface area contributed by atoms with Gasteiger partial charge in [-0.25, -0.2) is 8.42 Å². The first-order valence-corrected chi connectivity index (χ1v) is 10.5. The molecule has 0 aromatic carbocycles. The van der Waals surface area contributed by atoms with E-state index in [0.717, 1.165) is 0 Å². The van der Waals surface area contributed by atoms with Gasteiger partial charge in [-0.05, 0) is 24.0 Å². The molecule has 2 aliphatic heterocycles. The molecular formula is C18H24N4O5S. The van der Waals surface area contributed by atoms with Gasteiger partial charge in [0.05, 0.1) is 12.6 Å². The van der Waals surface area contributed by atoms with Gasteiger partial charge in [0.2, 0.25) is 21.8 Å². The van der Waals surface area contributed by atoms with E-state index < -0.39 is 33.4 Å². The zero-order valence-electron chi connectivity index (χ0n) is 15.9. The first-order chi connectivity index (χ1) is 13.0. The molecule has 2 amide bonds. The molecule has 3 rings (SSSR count). The SMILES string of the molecule is CC(C)(CC(N)=O)CC(=O)N1CCC2C1C(=O)CN2S(=O)(=O)c1cccnc1. The molecule has 1 aromatic heterocycles. The Hall–Kier alpha value is -2.33. The van der Waals surface area contributed by atoms with Gasteiger partial charge in [-0.15, -0.1) is 0 Å². The predicted molar refractivity (Wildman–Crippen MR) is 99.3 cm³/mol. The molecule has 0 saturated carbocycles. The predicted octanol–water partition coefficient (Wildman–Crippen LogP) is -0.0838. The van der Waals surface area contributed by atoms with Crippen molar-refractivity contribution in [2.45, 2.75) is 50.1 Å². The summed E-state index contributed by atoms with van der Waals surface area (Å²) in [5.74, 6) is -1.06. The van der Waals surface area contributed by atoms with Crippen LogP contribution in [0.3, 0.4) is 0 Å². The average molecular weight is 408 g/mol. The molecule has 2 saturated heterocycles. The monoisotopic (exact) mass is 408 g/mol. The van der Waals surface area contributed by atoms with Crippen LogP contribution in [-0.4, -0.2) is 65.4 Å². The zero-order chi connectivity index (χ0) is 20.7. The molecule has 2 N–H and O–H groups in total. The van der Waals surface area contributed by atoms with E-state index in [2.05, 4.69) is 4.98 Å². The van der Waals surface area contributed by atoms with Crippen molar-refractivity contribution < 1.29 is 22.8 Å². The molecule has 10 heteroatoms. The Labute approximate surface area is 163 Å². The highest BCUT2D eigenvalue weighted by atomic mass is 32.2. The van der Waals surface area contributed by atoms with Crippen LogP contribution in [0.15, 0.2) is 29.4 Å². The van der Waals surface area contributed by atoms with Crippen molar-refractivity contribution >= 4 is 27.6 Å². The lowest BCUT2D eigenvalue weighted by molar-refractivity contribution is -0.138. The number of fused-ring (bicyclic) bond motifs is 1. The molecule has 3 heterocycles. The van der Waals surface area contributed by atoms with Crippen LogP contribution in [-0.2, 0) is 24.4 Å². The van der Waals surface area contributed by atoms with E-state index in [-0.39, 0.29) is 36.0 Å². The van der Waals surface area contributed by atoms with Crippen LogP contribution in [0.1, 0.15) is 33.1 Å². The van der Waals surface area contributed by atoms with E-state index in [0.29, 0.717) is 13.0 Å². The summed E-state index contributed by atoms with van der Waals surface area (Å²) in [5.41, 5.74) is 4.61. The summed E-state index contributed by atoms with van der Waals surface area (Å²) in [4.78, 5) is 41.9. The van der Waals surface area contributed by atoms with Crippen LogP contribution in [0.25, 0.3) is 0 Å². The Morgan fingerprint density at radius 1 is 1.32 bits per heavy atom. The lowest BCUT2D eigenvalue weighted by atomic mass is 9.84. The molecule has 0 spiro atoms. The number of Topliss-reactive ketones (excluding diaryl/α,β-unsaturated/α-hetero) is 1. The Morgan fingerprint density at radius 2 is 2.04 bits per heavy atom. The second-order valence-corrected chi connectivity index (χ2v) is 9.97. The highest BCUT2D eigenvalue weighted by Crippen LogP contribution is 2.35. The van der Waals surface area contributed by atoms with Crippen LogP contribution in [0.2, 0.25) is 0 Å². The Balaban J connectivity index is 1.79. The molecule has 2 aliphatic rings. The number of sulfonamides is 1. The minimum Gasteiger partial charge on any atom is -0.370 e. The topological polar surface area (TPSA) is 131 Å². The first-order valence-electron chi connectivity index (χ1n) is 9.05. The van der Waals surface area contributed by atoms with E-state index in [1.165, 1.54) is 33.7 Å². The Kier molecular flexibility index (Phi) is 5.28. The first kappa shape index (κ1) is 20.4. The number of primary amides is 1. The van der Waals surface area contributed by atoms with Crippen LogP contribution in [0, 0.1) is 5.41 Å². The van der Waals surface area contributed by atoms with Crippen LogP contribution < -0.4 is 5.73 Å². The van der Waals surface area contributed by atoms with Gasteiger partial charge in [0.15, 0.2) is 5.78 Å². The Bertz CT molecular complexity index is 900. The molecule has 0 aliphatic carbocycles. The molecule has 0 radical (unpaired) electrons. The van der Waals surface area contributed by atoms with Crippen molar-refractivity contribution in [3.63, 3.8) is 0 Å². The van der Waals surface area contributed by atoms with Gasteiger partial charge in [-0.3, -0.25) is 19.4 Å². The number of ketones is 1. The highest BCUT2D eigenvalue weighted by Gasteiger charge is 2.53. The van der Waals surface area contributed by atoms with E-state index >= 15 is 0 Å². The second-order valence-electron chi connectivity index (χ2n) is 8.08. The molecule has 0 bridgehead atoms. The number of nitrogens with zero attached hydrogens (tertiary/aromatic N) is 3. The number of carbonyl (C=O) groups excluding carboxylic acids is 3. The third-order valence-electron chi connectivity index (χ3n) is 5.22. The van der Waals surface area contributed by atoms with Crippen molar-refractivity contribution in [2.24, 2.45) is 11.1 Å². The largest absolute Gasteiger partial charge is 0.370 e. The number of amides is 2. The van der Waals surface area contributed by atoms with Gasteiger partial charge in [-0.1, -0.05) is 13.8 Å². The maximum absolute atomic E-state index is 12.9. The molecule has 2 fully saturated rings. The third kappa shape index (κ3) is 3.79. The summed E-state index contributed by atoms with van der Waals surface area (Å²) in [6, 6.07) is 1.59. The molecule has 2 unspecified atom stereocenters. The summed E-state index contributed by atoms with van der Waals surface area (Å²) in [5, 5.41) is 0. The zero-order valence-corrected chi connectivity index (χ0v) is 16.7. The lowest BCUT2D eigenvalue weighted by Crippen LogP contribution is -2.44. The normalized spacial score (nSPS) is 23.1. The average Bonchev–Trinajstić information content (AvgIpc) is 3.15. The number of nitrogens with two attached hydrogens (primary N) is 1. The molecular weight excluding hydrogens is 384 g/mol. The molecule has 152 valence electrons. The third-order valence-corrected chi connectivity index (χ3v) is 7.08. The fourth-order valence-electron chi connectivity index (χ4n) is 4.05. The van der Waals surface area contributed by atoms with Crippen molar-refractivity contribution in [2.75, 3.05) is 13.1 Å². The van der Waals surface area contributed by atoms with Crippen molar-refractivity contribution in [1.82, 2.24) is 14.2 Å². The second kappa shape index (κ2) is 7.25. The minimum absolute atomic E-state index is 0.0239. The molecule has 28 heavy (non-hydrogen) atoms. The number of pyridine rings is 1. The number of likely N-dealkylation sites (tertiary alicyclic amines) is 1. The summed E-state index contributed by atoms with van der Waals surface area (Å²) in [7, 11) is -3.88. The van der Waals surface area contributed by atoms with E-state index in [1.54, 1.807) is 13.8 Å². The van der Waals surface area contributed by atoms with Crippen LogP contribution >= 0.6 is 0 Å². The van der Waals surface area contributed by atoms with Crippen molar-refractivity contribution in [3.05, 3.63) is 24.5 Å². The van der Waals surface area contributed by atoms with E-state index in [9.17, 15) is 22.8 Å². The van der Waals surface area contributed by atoms with Gasteiger partial charge < -0.3 is 10.6 Å². The van der Waals surface area contributed by atoms with Crippen molar-refractivity contribution in [1.29, 1.82) is 0 Å². The number of aromatic nitrogens is 1. The van der Waals surface area contributed by atoms with E-state index in [4.69, 9.17) is 5.73 Å². The number of rotatable bonds is 6. The summed E-state index contributed by atoms with van der Waals surface area (Å²) in [6.07, 6.45) is 3.22. The molecule has 2 atom stereocenters. The van der Waals surface area contributed by atoms with Crippen molar-refractivity contribution in [3.8, 4) is 0 Å². The van der Waals surface area contributed by atoms with Gasteiger partial charge in [0.25, 0.3) is 0 Å². The maximum atomic E-state index is 12.9. The summed E-state index contributed by atoms with van der Waals surface area (Å²) < 4.78 is 27.0. The van der Waals surface area contributed by atoms with E-state index in [1.807, 2.05) is 0 Å². The number of hydrogen-bond acceptors (Lipinski definition) is 6. The van der Waals surface area contributed by atoms with Crippen LogP contribution in [0.4, 0.5) is 0 Å². The van der Waals surface area contributed by atoms with Crippen LogP contribution in [0.5, 0.6) is 0 Å². The minimum atomic E-state index is -3.88. The highest BCUT2D eigenvalue weighted by molar-refractivity contribution is 7.89.